The standard InChI is InChI=1S/C33H38F2N4O4/c1-5-11-27-30(28-17-22(3)18-29(39(28)38-27)42-20-24-25(34)14-10-15-26(24)35)31(40)36-21-33(4,16-6-2)37-32(41)43-19-23-12-8-7-9-13-23/h7-10,12-15,17-18H,5-6,11,16,19-21H2,1-4H3,(H,36,40)(H,37,41). The minimum atomic E-state index is -0.764. The number of aryl methyl sites for hydroxylation is 2. The third-order valence-corrected chi connectivity index (χ3v) is 7.12. The van der Waals surface area contributed by atoms with Gasteiger partial charge in [-0.3, -0.25) is 4.79 Å². The number of hydrogen-bond acceptors (Lipinski definition) is 5. The maximum absolute atomic E-state index is 14.2. The predicted octanol–water partition coefficient (Wildman–Crippen LogP) is 6.67. The number of halogens is 2. The molecule has 228 valence electrons. The van der Waals surface area contributed by atoms with Crippen LogP contribution >= 0.6 is 0 Å². The summed E-state index contributed by atoms with van der Waals surface area (Å²) in [7, 11) is 0. The van der Waals surface area contributed by atoms with Crippen molar-refractivity contribution in [1.82, 2.24) is 20.2 Å². The van der Waals surface area contributed by atoms with Gasteiger partial charge in [0.25, 0.3) is 5.91 Å². The highest BCUT2D eigenvalue weighted by molar-refractivity contribution is 6.02. The van der Waals surface area contributed by atoms with Crippen LogP contribution in [0.25, 0.3) is 5.52 Å². The molecule has 0 radical (unpaired) electrons. The molecule has 2 aromatic carbocycles. The van der Waals surface area contributed by atoms with Gasteiger partial charge >= 0.3 is 6.09 Å². The molecule has 8 nitrogen and oxygen atoms in total. The Balaban J connectivity index is 1.53. The first-order chi connectivity index (χ1) is 20.6. The van der Waals surface area contributed by atoms with Crippen LogP contribution in [0, 0.1) is 18.6 Å². The first kappa shape index (κ1) is 31.5. The van der Waals surface area contributed by atoms with Crippen LogP contribution in [0.5, 0.6) is 5.88 Å². The van der Waals surface area contributed by atoms with Crippen molar-refractivity contribution in [3.05, 3.63) is 100 Å². The Labute approximate surface area is 250 Å². The number of amides is 2. The lowest BCUT2D eigenvalue weighted by molar-refractivity contribution is 0.0928. The van der Waals surface area contributed by atoms with Gasteiger partial charge in [0.1, 0.15) is 24.8 Å². The molecule has 0 aliphatic rings. The second kappa shape index (κ2) is 14.1. The number of carbonyl (C=O) groups is 2. The lowest BCUT2D eigenvalue weighted by Gasteiger charge is -2.30. The zero-order valence-electron chi connectivity index (χ0n) is 25.0. The zero-order chi connectivity index (χ0) is 31.0. The van der Waals surface area contributed by atoms with Crippen molar-refractivity contribution < 1.29 is 27.8 Å². The van der Waals surface area contributed by atoms with Crippen molar-refractivity contribution >= 4 is 17.5 Å². The van der Waals surface area contributed by atoms with Crippen LogP contribution in [0.3, 0.4) is 0 Å². The van der Waals surface area contributed by atoms with Gasteiger partial charge in [-0.15, -0.1) is 0 Å². The number of nitrogens with zero attached hydrogens (tertiary/aromatic N) is 2. The highest BCUT2D eigenvalue weighted by Crippen LogP contribution is 2.26. The van der Waals surface area contributed by atoms with Crippen LogP contribution in [0.2, 0.25) is 0 Å². The van der Waals surface area contributed by atoms with Crippen molar-refractivity contribution in [3.8, 4) is 5.88 Å². The van der Waals surface area contributed by atoms with E-state index in [-0.39, 0.29) is 37.1 Å². The molecule has 2 aromatic heterocycles. The summed E-state index contributed by atoms with van der Waals surface area (Å²) in [5, 5.41) is 10.6. The topological polar surface area (TPSA) is 94.0 Å². The summed E-state index contributed by atoms with van der Waals surface area (Å²) in [5.74, 6) is -1.50. The minimum absolute atomic E-state index is 0.136. The highest BCUT2D eigenvalue weighted by atomic mass is 19.1. The molecule has 0 saturated carbocycles. The molecule has 0 aliphatic heterocycles. The van der Waals surface area contributed by atoms with Gasteiger partial charge in [0, 0.05) is 12.6 Å². The van der Waals surface area contributed by atoms with Crippen LogP contribution in [0.1, 0.15) is 72.8 Å². The normalized spacial score (nSPS) is 12.5. The summed E-state index contributed by atoms with van der Waals surface area (Å²) >= 11 is 0. The summed E-state index contributed by atoms with van der Waals surface area (Å²) in [6, 6.07) is 16.6. The number of carbonyl (C=O) groups excluding carboxylic acids is 2. The summed E-state index contributed by atoms with van der Waals surface area (Å²) in [4.78, 5) is 26.4. The zero-order valence-corrected chi connectivity index (χ0v) is 25.0. The van der Waals surface area contributed by atoms with E-state index in [4.69, 9.17) is 9.47 Å². The van der Waals surface area contributed by atoms with Crippen molar-refractivity contribution in [2.75, 3.05) is 6.54 Å². The summed E-state index contributed by atoms with van der Waals surface area (Å²) in [6.45, 7) is 7.64. The van der Waals surface area contributed by atoms with E-state index in [0.717, 1.165) is 24.0 Å². The average molecular weight is 593 g/mol. The number of fused-ring (bicyclic) bond motifs is 1. The maximum atomic E-state index is 14.2. The van der Waals surface area contributed by atoms with Gasteiger partial charge < -0.3 is 20.1 Å². The quantitative estimate of drug-likeness (QED) is 0.181. The number of pyridine rings is 1. The first-order valence-electron chi connectivity index (χ1n) is 14.5. The highest BCUT2D eigenvalue weighted by Gasteiger charge is 2.29. The molecular weight excluding hydrogens is 554 g/mol. The smallest absolute Gasteiger partial charge is 0.407 e. The molecule has 4 rings (SSSR count). The third-order valence-electron chi connectivity index (χ3n) is 7.12. The van der Waals surface area contributed by atoms with Gasteiger partial charge in [0.2, 0.25) is 5.88 Å². The van der Waals surface area contributed by atoms with E-state index in [0.29, 0.717) is 29.6 Å². The monoisotopic (exact) mass is 592 g/mol. The maximum Gasteiger partial charge on any atom is 0.407 e. The number of nitrogens with one attached hydrogen (secondary N) is 2. The number of rotatable bonds is 13. The van der Waals surface area contributed by atoms with Crippen LogP contribution in [-0.2, 0) is 24.4 Å². The van der Waals surface area contributed by atoms with E-state index in [1.165, 1.54) is 22.7 Å². The molecule has 2 amide bonds. The van der Waals surface area contributed by atoms with Gasteiger partial charge in [-0.2, -0.15) is 9.61 Å². The van der Waals surface area contributed by atoms with Crippen LogP contribution < -0.4 is 15.4 Å². The molecule has 2 heterocycles. The molecule has 1 atom stereocenters. The summed E-state index contributed by atoms with van der Waals surface area (Å²) in [6.07, 6.45) is 2.07. The van der Waals surface area contributed by atoms with E-state index < -0.39 is 23.3 Å². The SMILES string of the molecule is CCCc1nn2c(OCc3c(F)cccc3F)cc(C)cc2c1C(=O)NCC(C)(CCC)NC(=O)OCc1ccccc1. The van der Waals surface area contributed by atoms with Crippen LogP contribution in [0.4, 0.5) is 13.6 Å². The van der Waals surface area contributed by atoms with E-state index in [9.17, 15) is 18.4 Å². The first-order valence-corrected chi connectivity index (χ1v) is 14.5. The van der Waals surface area contributed by atoms with Gasteiger partial charge in [-0.05, 0) is 56.0 Å². The van der Waals surface area contributed by atoms with Gasteiger partial charge in [-0.25, -0.2) is 13.6 Å². The van der Waals surface area contributed by atoms with Crippen molar-refractivity contribution in [2.24, 2.45) is 0 Å². The molecule has 0 saturated heterocycles. The number of ether oxygens (including phenoxy) is 2. The molecule has 1 unspecified atom stereocenters. The molecule has 0 aliphatic carbocycles. The second-order valence-corrected chi connectivity index (χ2v) is 10.9. The number of alkyl carbamates (subject to hydrolysis) is 1. The van der Waals surface area contributed by atoms with E-state index in [1.807, 2.05) is 64.1 Å². The van der Waals surface area contributed by atoms with E-state index >= 15 is 0 Å². The number of hydrogen-bond donors (Lipinski definition) is 2. The predicted molar refractivity (Wildman–Crippen MR) is 160 cm³/mol. The molecule has 0 fully saturated rings. The fourth-order valence-corrected chi connectivity index (χ4v) is 4.99. The van der Waals surface area contributed by atoms with Gasteiger partial charge in [-0.1, -0.05) is 63.1 Å². The molecule has 43 heavy (non-hydrogen) atoms. The Morgan fingerprint density at radius 2 is 1.70 bits per heavy atom. The van der Waals surface area contributed by atoms with Gasteiger partial charge in [0.15, 0.2) is 0 Å². The van der Waals surface area contributed by atoms with Crippen LogP contribution in [-0.4, -0.2) is 33.7 Å². The van der Waals surface area contributed by atoms with Crippen molar-refractivity contribution in [1.29, 1.82) is 0 Å². The minimum Gasteiger partial charge on any atom is -0.473 e. The lowest BCUT2D eigenvalue weighted by atomic mass is 9.96. The van der Waals surface area contributed by atoms with Crippen molar-refractivity contribution in [3.63, 3.8) is 0 Å². The molecule has 2 N–H and O–H groups in total. The van der Waals surface area contributed by atoms with Crippen molar-refractivity contribution in [2.45, 2.75) is 72.1 Å². The fraction of sp³-hybridized carbons (Fsp3) is 0.364. The number of aromatic nitrogens is 2. The summed E-state index contributed by atoms with van der Waals surface area (Å²) < 4.78 is 41.2. The number of benzene rings is 2. The Kier molecular flexibility index (Phi) is 10.3. The Morgan fingerprint density at radius 3 is 2.37 bits per heavy atom. The summed E-state index contributed by atoms with van der Waals surface area (Å²) in [5.41, 5.74) is 2.17. The van der Waals surface area contributed by atoms with Crippen LogP contribution in [0.15, 0.2) is 60.7 Å². The molecule has 10 heteroatoms. The van der Waals surface area contributed by atoms with Gasteiger partial charge in [0.05, 0.1) is 27.9 Å². The fourth-order valence-electron chi connectivity index (χ4n) is 4.99. The largest absolute Gasteiger partial charge is 0.473 e. The average Bonchev–Trinajstić information content (AvgIpc) is 3.33. The Hall–Kier alpha value is -4.47. The van der Waals surface area contributed by atoms with E-state index in [2.05, 4.69) is 15.7 Å². The third kappa shape index (κ3) is 7.88. The Bertz CT molecular complexity index is 1550. The molecule has 0 spiro atoms. The molecular formula is C33H38F2N4O4. The molecule has 4 aromatic rings. The molecule has 0 bridgehead atoms. The van der Waals surface area contributed by atoms with E-state index in [1.54, 1.807) is 6.07 Å². The second-order valence-electron chi connectivity index (χ2n) is 10.9. The lowest BCUT2D eigenvalue weighted by Crippen LogP contribution is -2.53. The Morgan fingerprint density at radius 1 is 0.977 bits per heavy atom.